The molecule has 6 nitrogen and oxygen atoms in total. The molecule has 0 fully saturated rings. The van der Waals surface area contributed by atoms with Gasteiger partial charge in [0.1, 0.15) is 5.75 Å². The predicted octanol–water partition coefficient (Wildman–Crippen LogP) is 5.17. The van der Waals surface area contributed by atoms with E-state index in [1.54, 1.807) is 14.2 Å². The minimum Gasteiger partial charge on any atom is -0.507 e. The van der Waals surface area contributed by atoms with E-state index in [1.165, 1.54) is 0 Å². The molecule has 2 N–H and O–H groups in total. The van der Waals surface area contributed by atoms with Crippen molar-refractivity contribution in [2.45, 2.75) is 47.1 Å². The van der Waals surface area contributed by atoms with Crippen molar-refractivity contribution in [2.75, 3.05) is 20.8 Å². The number of amides is 1. The number of phenolic OH excluding ortho intramolecular Hbond substituents is 1. The molecular weight excluding hydrogens is 416 g/mol. The number of benzene rings is 2. The van der Waals surface area contributed by atoms with Crippen molar-refractivity contribution in [1.82, 2.24) is 9.88 Å². The molecule has 2 heterocycles. The lowest BCUT2D eigenvalue weighted by molar-refractivity contribution is 0.0955. The van der Waals surface area contributed by atoms with Gasteiger partial charge in [-0.2, -0.15) is 0 Å². The quantitative estimate of drug-likeness (QED) is 0.546. The highest BCUT2D eigenvalue weighted by Crippen LogP contribution is 2.45. The summed E-state index contributed by atoms with van der Waals surface area (Å²) in [6.07, 6.45) is 1.69. The highest BCUT2D eigenvalue weighted by molar-refractivity contribution is 6.08. The van der Waals surface area contributed by atoms with Crippen LogP contribution in [-0.4, -0.2) is 36.3 Å². The molecule has 0 spiro atoms. The Morgan fingerprint density at radius 1 is 1.06 bits per heavy atom. The molecule has 0 saturated heterocycles. The lowest BCUT2D eigenvalue weighted by Crippen LogP contribution is -2.25. The zero-order valence-electron chi connectivity index (χ0n) is 20.3. The monoisotopic (exact) mass is 448 g/mol. The molecular formula is C27H32N2O4. The summed E-state index contributed by atoms with van der Waals surface area (Å²) in [6, 6.07) is 7.92. The Balaban J connectivity index is 2.04. The maximum atomic E-state index is 13.6. The van der Waals surface area contributed by atoms with Crippen LogP contribution in [0.3, 0.4) is 0 Å². The number of aromatic hydroxyl groups is 1. The van der Waals surface area contributed by atoms with E-state index in [9.17, 15) is 9.90 Å². The molecule has 174 valence electrons. The van der Waals surface area contributed by atoms with E-state index in [0.29, 0.717) is 29.4 Å². The van der Waals surface area contributed by atoms with Gasteiger partial charge in [0, 0.05) is 29.9 Å². The van der Waals surface area contributed by atoms with Crippen molar-refractivity contribution in [3.8, 4) is 39.6 Å². The van der Waals surface area contributed by atoms with Gasteiger partial charge in [0.15, 0.2) is 11.5 Å². The van der Waals surface area contributed by atoms with Crippen molar-refractivity contribution in [1.29, 1.82) is 0 Å². The molecule has 0 unspecified atom stereocenters. The van der Waals surface area contributed by atoms with E-state index >= 15 is 0 Å². The van der Waals surface area contributed by atoms with E-state index in [1.807, 2.05) is 45.0 Å². The van der Waals surface area contributed by atoms with Crippen LogP contribution in [0, 0.1) is 20.8 Å². The van der Waals surface area contributed by atoms with E-state index < -0.39 is 0 Å². The van der Waals surface area contributed by atoms with Crippen LogP contribution < -0.4 is 14.8 Å². The third-order valence-corrected chi connectivity index (χ3v) is 6.54. The van der Waals surface area contributed by atoms with Crippen LogP contribution in [0.1, 0.15) is 46.1 Å². The van der Waals surface area contributed by atoms with Crippen molar-refractivity contribution < 1.29 is 19.4 Å². The number of fused-ring (bicyclic) bond motifs is 3. The smallest absolute Gasteiger partial charge is 0.254 e. The lowest BCUT2D eigenvalue weighted by Gasteiger charge is -2.23. The van der Waals surface area contributed by atoms with Gasteiger partial charge in [0.05, 0.1) is 25.5 Å². The second-order valence-corrected chi connectivity index (χ2v) is 8.66. The van der Waals surface area contributed by atoms with Crippen LogP contribution in [0.15, 0.2) is 24.3 Å². The molecule has 4 rings (SSSR count). The first-order valence-corrected chi connectivity index (χ1v) is 11.4. The van der Waals surface area contributed by atoms with E-state index in [2.05, 4.69) is 16.8 Å². The first-order chi connectivity index (χ1) is 15.8. The van der Waals surface area contributed by atoms with E-state index in [4.69, 9.17) is 9.47 Å². The summed E-state index contributed by atoms with van der Waals surface area (Å²) in [5, 5.41) is 13.4. The Bertz CT molecular complexity index is 1220. The summed E-state index contributed by atoms with van der Waals surface area (Å²) in [6.45, 7) is 9.27. The first kappa shape index (κ1) is 22.8. The summed E-state index contributed by atoms with van der Waals surface area (Å²) in [4.78, 5) is 13.6. The summed E-state index contributed by atoms with van der Waals surface area (Å²) < 4.78 is 13.3. The number of hydrogen-bond donors (Lipinski definition) is 2. The third kappa shape index (κ3) is 3.73. The molecule has 3 aromatic rings. The third-order valence-electron chi connectivity index (χ3n) is 6.54. The molecule has 33 heavy (non-hydrogen) atoms. The second kappa shape index (κ2) is 8.85. The molecule has 1 aliphatic rings. The Kier molecular flexibility index (Phi) is 6.11. The van der Waals surface area contributed by atoms with Gasteiger partial charge < -0.3 is 24.5 Å². The van der Waals surface area contributed by atoms with Crippen LogP contribution in [0.5, 0.6) is 17.2 Å². The van der Waals surface area contributed by atoms with Gasteiger partial charge in [0.2, 0.25) is 0 Å². The molecule has 1 aliphatic heterocycles. The number of hydrogen-bond acceptors (Lipinski definition) is 4. The Labute approximate surface area is 195 Å². The molecule has 6 heteroatoms. The SMILES string of the molecule is CCCNC(=O)c1c(-c2cc(C)c(O)c(C)c2)c(C)n2c1-c1cc(OC)c(OC)cc1CC2. The van der Waals surface area contributed by atoms with Gasteiger partial charge in [-0.25, -0.2) is 0 Å². The number of nitrogens with zero attached hydrogens (tertiary/aromatic N) is 1. The second-order valence-electron chi connectivity index (χ2n) is 8.66. The molecule has 0 radical (unpaired) electrons. The van der Waals surface area contributed by atoms with Gasteiger partial charge in [-0.15, -0.1) is 0 Å². The number of carbonyl (C=O) groups excluding carboxylic acids is 1. The summed E-state index contributed by atoms with van der Waals surface area (Å²) in [5.41, 5.74) is 8.16. The van der Waals surface area contributed by atoms with Crippen LogP contribution in [-0.2, 0) is 13.0 Å². The fraction of sp³-hybridized carbons (Fsp3) is 0.370. The first-order valence-electron chi connectivity index (χ1n) is 11.4. The number of aryl methyl sites for hydroxylation is 3. The number of methoxy groups -OCH3 is 2. The number of phenols is 1. The average molecular weight is 449 g/mol. The zero-order chi connectivity index (χ0) is 23.9. The average Bonchev–Trinajstić information content (AvgIpc) is 3.12. The predicted molar refractivity (Wildman–Crippen MR) is 131 cm³/mol. The lowest BCUT2D eigenvalue weighted by atomic mass is 9.92. The van der Waals surface area contributed by atoms with Crippen molar-refractivity contribution in [2.24, 2.45) is 0 Å². The van der Waals surface area contributed by atoms with Gasteiger partial charge >= 0.3 is 0 Å². The van der Waals surface area contributed by atoms with E-state index in [-0.39, 0.29) is 5.91 Å². The van der Waals surface area contributed by atoms with E-state index in [0.717, 1.165) is 64.2 Å². The number of aromatic nitrogens is 1. The molecule has 0 atom stereocenters. The molecule has 0 saturated carbocycles. The number of nitrogens with one attached hydrogen (secondary N) is 1. The topological polar surface area (TPSA) is 72.7 Å². The maximum absolute atomic E-state index is 13.6. The molecule has 1 aromatic heterocycles. The van der Waals surface area contributed by atoms with Gasteiger partial charge in [-0.3, -0.25) is 4.79 Å². The van der Waals surface area contributed by atoms with Crippen LogP contribution >= 0.6 is 0 Å². The summed E-state index contributed by atoms with van der Waals surface area (Å²) >= 11 is 0. The van der Waals surface area contributed by atoms with Crippen molar-refractivity contribution >= 4 is 5.91 Å². The standard InChI is InChI=1S/C27H32N2O4/c1-7-9-28-27(31)24-23(19-11-15(2)26(30)16(3)12-19)17(4)29-10-8-18-13-21(32-5)22(33-6)14-20(18)25(24)29/h11-14,30H,7-10H2,1-6H3,(H,28,31). The van der Waals surface area contributed by atoms with Crippen molar-refractivity contribution in [3.63, 3.8) is 0 Å². The zero-order valence-corrected chi connectivity index (χ0v) is 20.3. The molecule has 0 aliphatic carbocycles. The largest absolute Gasteiger partial charge is 0.507 e. The maximum Gasteiger partial charge on any atom is 0.254 e. The highest BCUT2D eigenvalue weighted by atomic mass is 16.5. The minimum atomic E-state index is -0.0882. The molecule has 0 bridgehead atoms. The van der Waals surface area contributed by atoms with Gasteiger partial charge in [0.25, 0.3) is 5.91 Å². The summed E-state index contributed by atoms with van der Waals surface area (Å²) in [7, 11) is 3.26. The molecule has 2 aromatic carbocycles. The van der Waals surface area contributed by atoms with Crippen molar-refractivity contribution in [3.05, 3.63) is 52.2 Å². The number of carbonyl (C=O) groups is 1. The number of rotatable bonds is 6. The normalized spacial score (nSPS) is 12.2. The van der Waals surface area contributed by atoms with Crippen LogP contribution in [0.25, 0.3) is 22.4 Å². The number of ether oxygens (including phenoxy) is 2. The minimum absolute atomic E-state index is 0.0882. The van der Waals surface area contributed by atoms with Gasteiger partial charge in [-0.05, 0) is 80.1 Å². The summed E-state index contributed by atoms with van der Waals surface area (Å²) in [5.74, 6) is 1.53. The fourth-order valence-corrected chi connectivity index (χ4v) is 4.88. The van der Waals surface area contributed by atoms with Crippen LogP contribution in [0.4, 0.5) is 0 Å². The van der Waals surface area contributed by atoms with Gasteiger partial charge in [-0.1, -0.05) is 6.92 Å². The fourth-order valence-electron chi connectivity index (χ4n) is 4.88. The Morgan fingerprint density at radius 3 is 2.30 bits per heavy atom. The Morgan fingerprint density at radius 2 is 1.70 bits per heavy atom. The highest BCUT2D eigenvalue weighted by Gasteiger charge is 2.31. The molecule has 1 amide bonds. The Hall–Kier alpha value is -3.41. The van der Waals surface area contributed by atoms with Crippen LogP contribution in [0.2, 0.25) is 0 Å².